The first-order valence-electron chi connectivity index (χ1n) is 4.01. The van der Waals surface area contributed by atoms with Gasteiger partial charge in [0.2, 0.25) is 5.16 Å². The van der Waals surface area contributed by atoms with E-state index in [1.807, 2.05) is 0 Å². The molecule has 0 saturated heterocycles. The van der Waals surface area contributed by atoms with Crippen LogP contribution in [0.15, 0.2) is 5.16 Å². The third-order valence-corrected chi connectivity index (χ3v) is 2.49. The minimum atomic E-state index is -0.354. The Hall–Kier alpha value is -0.660. The van der Waals surface area contributed by atoms with Gasteiger partial charge in [-0.2, -0.15) is 0 Å². The Kier molecular flexibility index (Phi) is 4.13. The van der Waals surface area contributed by atoms with Crippen LogP contribution in [0, 0.1) is 0 Å². The molecule has 1 rings (SSSR count). The number of tetrazole rings is 1. The lowest BCUT2D eigenvalue weighted by atomic mass is 10.5. The summed E-state index contributed by atoms with van der Waals surface area (Å²) in [6.07, 6.45) is -0.354. The Morgan fingerprint density at radius 3 is 3.08 bits per heavy atom. The van der Waals surface area contributed by atoms with Crippen LogP contribution in [0.4, 0.5) is 0 Å². The lowest BCUT2D eigenvalue weighted by Crippen LogP contribution is -2.13. The molecule has 3 N–H and O–H groups in total. The normalized spacial score (nSPS) is 13.2. The van der Waals surface area contributed by atoms with Gasteiger partial charge in [0.15, 0.2) is 0 Å². The van der Waals surface area contributed by atoms with Crippen molar-refractivity contribution in [2.45, 2.75) is 24.7 Å². The maximum atomic E-state index is 9.05. The first kappa shape index (κ1) is 10.4. The summed E-state index contributed by atoms with van der Waals surface area (Å²) in [7, 11) is 0. The summed E-state index contributed by atoms with van der Waals surface area (Å²) >= 11 is 1.42. The van der Waals surface area contributed by atoms with Gasteiger partial charge in [0.25, 0.3) is 0 Å². The molecule has 1 aromatic heterocycles. The molecule has 0 saturated carbocycles. The van der Waals surface area contributed by atoms with Crippen LogP contribution in [0.2, 0.25) is 0 Å². The monoisotopic (exact) mass is 203 g/mol. The van der Waals surface area contributed by atoms with E-state index in [9.17, 15) is 0 Å². The number of hydrogen-bond donors (Lipinski definition) is 2. The largest absolute Gasteiger partial charge is 0.393 e. The quantitative estimate of drug-likeness (QED) is 0.603. The SMILES string of the molecule is CC(O)CSc1nnnn1CCN. The van der Waals surface area contributed by atoms with E-state index in [2.05, 4.69) is 15.5 Å². The highest BCUT2D eigenvalue weighted by atomic mass is 32.2. The van der Waals surface area contributed by atoms with Gasteiger partial charge in [-0.3, -0.25) is 0 Å². The molecule has 13 heavy (non-hydrogen) atoms. The number of nitrogens with zero attached hydrogens (tertiary/aromatic N) is 4. The smallest absolute Gasteiger partial charge is 0.209 e. The minimum absolute atomic E-state index is 0.354. The first-order valence-corrected chi connectivity index (χ1v) is 4.99. The minimum Gasteiger partial charge on any atom is -0.393 e. The lowest BCUT2D eigenvalue weighted by Gasteiger charge is -2.03. The Balaban J connectivity index is 2.49. The van der Waals surface area contributed by atoms with Crippen molar-refractivity contribution in [1.82, 2.24) is 20.2 Å². The van der Waals surface area contributed by atoms with Crippen molar-refractivity contribution in [1.29, 1.82) is 0 Å². The molecule has 0 fully saturated rings. The maximum absolute atomic E-state index is 9.05. The summed E-state index contributed by atoms with van der Waals surface area (Å²) in [5.41, 5.74) is 5.37. The second-order valence-corrected chi connectivity index (χ2v) is 3.62. The molecule has 1 aromatic rings. The van der Waals surface area contributed by atoms with E-state index in [4.69, 9.17) is 10.8 Å². The molecule has 74 valence electrons. The average Bonchev–Trinajstić information content (AvgIpc) is 2.49. The van der Waals surface area contributed by atoms with Crippen LogP contribution < -0.4 is 5.73 Å². The fourth-order valence-electron chi connectivity index (χ4n) is 0.758. The number of rotatable bonds is 5. The summed E-state index contributed by atoms with van der Waals surface area (Å²) in [6.45, 7) is 2.84. The highest BCUT2D eigenvalue weighted by Crippen LogP contribution is 2.13. The highest BCUT2D eigenvalue weighted by Gasteiger charge is 2.06. The van der Waals surface area contributed by atoms with Gasteiger partial charge in [-0.25, -0.2) is 4.68 Å². The van der Waals surface area contributed by atoms with Gasteiger partial charge in [-0.1, -0.05) is 11.8 Å². The van der Waals surface area contributed by atoms with E-state index in [0.717, 1.165) is 0 Å². The zero-order chi connectivity index (χ0) is 9.68. The van der Waals surface area contributed by atoms with E-state index in [0.29, 0.717) is 24.0 Å². The van der Waals surface area contributed by atoms with E-state index in [-0.39, 0.29) is 6.10 Å². The molecule has 1 atom stereocenters. The predicted molar refractivity (Wildman–Crippen MR) is 49.3 cm³/mol. The molecule has 7 heteroatoms. The van der Waals surface area contributed by atoms with Crippen molar-refractivity contribution >= 4 is 11.8 Å². The fraction of sp³-hybridized carbons (Fsp3) is 0.833. The van der Waals surface area contributed by atoms with Gasteiger partial charge in [0, 0.05) is 12.3 Å². The van der Waals surface area contributed by atoms with Crippen LogP contribution in [-0.4, -0.2) is 43.7 Å². The molecule has 0 aliphatic carbocycles. The van der Waals surface area contributed by atoms with E-state index in [1.54, 1.807) is 11.6 Å². The Labute approximate surface area is 80.5 Å². The summed E-state index contributed by atoms with van der Waals surface area (Å²) in [6, 6.07) is 0. The molecule has 1 heterocycles. The van der Waals surface area contributed by atoms with Crippen LogP contribution >= 0.6 is 11.8 Å². The second kappa shape index (κ2) is 5.15. The Morgan fingerprint density at radius 1 is 1.69 bits per heavy atom. The van der Waals surface area contributed by atoms with Crippen LogP contribution in [0.25, 0.3) is 0 Å². The highest BCUT2D eigenvalue weighted by molar-refractivity contribution is 7.99. The first-order chi connectivity index (χ1) is 6.24. The maximum Gasteiger partial charge on any atom is 0.209 e. The number of thioether (sulfide) groups is 1. The molecule has 0 aromatic carbocycles. The Morgan fingerprint density at radius 2 is 2.46 bits per heavy atom. The molecule has 1 unspecified atom stereocenters. The standard InChI is InChI=1S/C6H13N5OS/c1-5(12)4-13-6-8-9-10-11(6)3-2-7/h5,12H,2-4,7H2,1H3. The molecular weight excluding hydrogens is 190 g/mol. The lowest BCUT2D eigenvalue weighted by molar-refractivity contribution is 0.220. The van der Waals surface area contributed by atoms with Crippen molar-refractivity contribution in [2.75, 3.05) is 12.3 Å². The van der Waals surface area contributed by atoms with Crippen molar-refractivity contribution in [3.05, 3.63) is 0 Å². The third kappa shape index (κ3) is 3.29. The van der Waals surface area contributed by atoms with Crippen molar-refractivity contribution in [2.24, 2.45) is 5.73 Å². The van der Waals surface area contributed by atoms with Crippen LogP contribution in [0.5, 0.6) is 0 Å². The molecule has 6 nitrogen and oxygen atoms in total. The summed E-state index contributed by atoms with van der Waals surface area (Å²) in [5, 5.41) is 20.8. The molecule has 0 aliphatic heterocycles. The number of hydrogen-bond acceptors (Lipinski definition) is 6. The molecular formula is C6H13N5OS. The predicted octanol–water partition coefficient (Wildman–Crippen LogP) is -0.895. The van der Waals surface area contributed by atoms with E-state index in [1.165, 1.54) is 11.8 Å². The number of aliphatic hydroxyl groups excluding tert-OH is 1. The summed E-state index contributed by atoms with van der Waals surface area (Å²) in [5.74, 6) is 0.588. The number of nitrogens with two attached hydrogens (primary N) is 1. The van der Waals surface area contributed by atoms with Crippen molar-refractivity contribution in [3.63, 3.8) is 0 Å². The van der Waals surface area contributed by atoms with Gasteiger partial charge in [-0.15, -0.1) is 5.10 Å². The average molecular weight is 203 g/mol. The van der Waals surface area contributed by atoms with Crippen LogP contribution in [0.3, 0.4) is 0 Å². The zero-order valence-corrected chi connectivity index (χ0v) is 8.24. The summed E-state index contributed by atoms with van der Waals surface area (Å²) in [4.78, 5) is 0. The molecule has 0 amide bonds. The zero-order valence-electron chi connectivity index (χ0n) is 7.42. The van der Waals surface area contributed by atoms with Gasteiger partial charge in [0.05, 0.1) is 12.6 Å². The number of aliphatic hydroxyl groups is 1. The molecule has 0 aliphatic rings. The second-order valence-electron chi connectivity index (χ2n) is 2.63. The van der Waals surface area contributed by atoms with Crippen LogP contribution in [0.1, 0.15) is 6.92 Å². The summed E-state index contributed by atoms with van der Waals surface area (Å²) < 4.78 is 1.63. The van der Waals surface area contributed by atoms with Crippen LogP contribution in [-0.2, 0) is 6.54 Å². The van der Waals surface area contributed by atoms with Gasteiger partial charge < -0.3 is 10.8 Å². The molecule has 0 radical (unpaired) electrons. The molecule has 0 bridgehead atoms. The van der Waals surface area contributed by atoms with Gasteiger partial charge in [-0.05, 0) is 17.4 Å². The van der Waals surface area contributed by atoms with Gasteiger partial charge in [0.1, 0.15) is 0 Å². The Bertz CT molecular complexity index is 251. The van der Waals surface area contributed by atoms with Crippen molar-refractivity contribution < 1.29 is 5.11 Å². The molecule has 0 spiro atoms. The fourth-order valence-corrected chi connectivity index (χ4v) is 1.52. The van der Waals surface area contributed by atoms with E-state index < -0.39 is 0 Å². The van der Waals surface area contributed by atoms with Crippen molar-refractivity contribution in [3.8, 4) is 0 Å². The van der Waals surface area contributed by atoms with Gasteiger partial charge >= 0.3 is 0 Å². The third-order valence-electron chi connectivity index (χ3n) is 1.29. The topological polar surface area (TPSA) is 89.9 Å². The van der Waals surface area contributed by atoms with E-state index >= 15 is 0 Å². The number of aromatic nitrogens is 4.